The van der Waals surface area contributed by atoms with Crippen LogP contribution >= 0.6 is 0 Å². The third-order valence-corrected chi connectivity index (χ3v) is 4.46. The molecule has 114 valence electrons. The molecule has 0 aliphatic carbocycles. The van der Waals surface area contributed by atoms with Crippen LogP contribution in [0.25, 0.3) is 0 Å². The minimum Gasteiger partial charge on any atom is -0.497 e. The van der Waals surface area contributed by atoms with Crippen molar-refractivity contribution in [2.75, 3.05) is 12.8 Å². The number of rotatable bonds is 5. The summed E-state index contributed by atoms with van der Waals surface area (Å²) >= 11 is 0. The number of anilines is 1. The Bertz CT molecular complexity index is 740. The number of hydrogen-bond acceptors (Lipinski definition) is 6. The fraction of sp³-hybridized carbons (Fsp3) is 0.308. The Morgan fingerprint density at radius 2 is 2.14 bits per heavy atom. The van der Waals surface area contributed by atoms with Gasteiger partial charge >= 0.3 is 0 Å². The first kappa shape index (κ1) is 15.3. The number of nitrogens with two attached hydrogens (primary N) is 1. The second-order valence-corrected chi connectivity index (χ2v) is 6.24. The van der Waals surface area contributed by atoms with Gasteiger partial charge in [-0.2, -0.15) is 4.72 Å². The second-order valence-electron chi connectivity index (χ2n) is 4.56. The number of ether oxygens (including phenoxy) is 1. The van der Waals surface area contributed by atoms with Crippen molar-refractivity contribution in [1.29, 1.82) is 0 Å². The van der Waals surface area contributed by atoms with E-state index in [1.165, 1.54) is 31.5 Å². The molecular weight excluding hydrogens is 294 g/mol. The number of nitrogen functional groups attached to an aromatic ring is 1. The summed E-state index contributed by atoms with van der Waals surface area (Å²) in [5, 5.41) is 0. The normalized spacial score (nSPS) is 13.1. The van der Waals surface area contributed by atoms with Gasteiger partial charge in [-0.3, -0.25) is 0 Å². The van der Waals surface area contributed by atoms with Gasteiger partial charge in [-0.1, -0.05) is 0 Å². The van der Waals surface area contributed by atoms with Gasteiger partial charge in [-0.15, -0.1) is 0 Å². The van der Waals surface area contributed by atoms with E-state index >= 15 is 0 Å². The van der Waals surface area contributed by atoms with E-state index in [1.807, 2.05) is 0 Å². The molecule has 1 unspecified atom stereocenters. The number of nitrogens with zero attached hydrogens (tertiary/aromatic N) is 1. The summed E-state index contributed by atoms with van der Waals surface area (Å²) in [4.78, 5) is 3.98. The highest BCUT2D eigenvalue weighted by Gasteiger charge is 2.23. The highest BCUT2D eigenvalue weighted by molar-refractivity contribution is 7.89. The Morgan fingerprint density at radius 3 is 2.67 bits per heavy atom. The van der Waals surface area contributed by atoms with E-state index in [-0.39, 0.29) is 10.6 Å². The van der Waals surface area contributed by atoms with Gasteiger partial charge in [0.15, 0.2) is 0 Å². The van der Waals surface area contributed by atoms with Crippen molar-refractivity contribution in [3.8, 4) is 5.75 Å². The summed E-state index contributed by atoms with van der Waals surface area (Å²) in [6.45, 7) is 3.38. The summed E-state index contributed by atoms with van der Waals surface area (Å²) in [6, 6.07) is 3.77. The first-order valence-electron chi connectivity index (χ1n) is 6.21. The van der Waals surface area contributed by atoms with Crippen molar-refractivity contribution in [2.24, 2.45) is 0 Å². The molecule has 1 heterocycles. The molecule has 0 aliphatic heterocycles. The van der Waals surface area contributed by atoms with Crippen molar-refractivity contribution < 1.29 is 17.6 Å². The maximum absolute atomic E-state index is 12.3. The number of oxazole rings is 1. The second kappa shape index (κ2) is 5.74. The molecule has 0 spiro atoms. The number of aromatic nitrogens is 1. The molecule has 0 fully saturated rings. The fourth-order valence-electron chi connectivity index (χ4n) is 1.82. The molecule has 0 amide bonds. The minimum absolute atomic E-state index is 0.0153. The van der Waals surface area contributed by atoms with Gasteiger partial charge in [-0.05, 0) is 26.0 Å². The van der Waals surface area contributed by atoms with Crippen molar-refractivity contribution >= 4 is 15.7 Å². The van der Waals surface area contributed by atoms with E-state index in [9.17, 15) is 8.42 Å². The van der Waals surface area contributed by atoms with Gasteiger partial charge < -0.3 is 14.9 Å². The number of sulfonamides is 1. The zero-order valence-electron chi connectivity index (χ0n) is 12.0. The van der Waals surface area contributed by atoms with E-state index in [4.69, 9.17) is 14.9 Å². The number of benzene rings is 1. The number of hydrogen-bond donors (Lipinski definition) is 2. The van der Waals surface area contributed by atoms with Crippen molar-refractivity contribution in [2.45, 2.75) is 24.8 Å². The SMILES string of the molecule is COc1ccc(S(=O)(=O)NC(C)c2ncc(C)o2)c(N)c1. The maximum atomic E-state index is 12.3. The molecule has 1 atom stereocenters. The highest BCUT2D eigenvalue weighted by atomic mass is 32.2. The third kappa shape index (κ3) is 3.34. The van der Waals surface area contributed by atoms with Crippen molar-refractivity contribution in [1.82, 2.24) is 9.71 Å². The summed E-state index contributed by atoms with van der Waals surface area (Å²) in [5.41, 5.74) is 5.87. The smallest absolute Gasteiger partial charge is 0.243 e. The average Bonchev–Trinajstić information content (AvgIpc) is 2.84. The summed E-state index contributed by atoms with van der Waals surface area (Å²) in [6.07, 6.45) is 1.53. The maximum Gasteiger partial charge on any atom is 0.243 e. The predicted octanol–water partition coefficient (Wildman–Crippen LogP) is 1.61. The van der Waals surface area contributed by atoms with Crippen molar-refractivity contribution in [3.05, 3.63) is 36.0 Å². The van der Waals surface area contributed by atoms with Crippen LogP contribution in [0.2, 0.25) is 0 Å². The summed E-state index contributed by atoms with van der Waals surface area (Å²) < 4.78 is 37.5. The Hall–Kier alpha value is -2.06. The zero-order valence-corrected chi connectivity index (χ0v) is 12.8. The van der Waals surface area contributed by atoms with Gasteiger partial charge in [-0.25, -0.2) is 13.4 Å². The first-order valence-corrected chi connectivity index (χ1v) is 7.70. The molecular formula is C13H17N3O4S. The summed E-state index contributed by atoms with van der Waals surface area (Å²) in [7, 11) is -2.30. The molecule has 2 rings (SSSR count). The molecule has 7 nitrogen and oxygen atoms in total. The topological polar surface area (TPSA) is 107 Å². The molecule has 8 heteroatoms. The first-order chi connectivity index (χ1) is 9.83. The van der Waals surface area contributed by atoms with Crippen LogP contribution in [0.1, 0.15) is 24.6 Å². The lowest BCUT2D eigenvalue weighted by molar-refractivity contribution is 0.414. The van der Waals surface area contributed by atoms with E-state index in [2.05, 4.69) is 9.71 Å². The highest BCUT2D eigenvalue weighted by Crippen LogP contribution is 2.25. The molecule has 0 saturated carbocycles. The van der Waals surface area contributed by atoms with Gasteiger partial charge in [0.2, 0.25) is 15.9 Å². The van der Waals surface area contributed by atoms with Gasteiger partial charge in [0.1, 0.15) is 16.4 Å². The Labute approximate surface area is 123 Å². The van der Waals surface area contributed by atoms with E-state index in [0.29, 0.717) is 17.4 Å². The lowest BCUT2D eigenvalue weighted by Crippen LogP contribution is -2.27. The lowest BCUT2D eigenvalue weighted by atomic mass is 10.3. The van der Waals surface area contributed by atoms with Crippen LogP contribution in [0, 0.1) is 6.92 Å². The van der Waals surface area contributed by atoms with Crippen LogP contribution in [0.4, 0.5) is 5.69 Å². The third-order valence-electron chi connectivity index (χ3n) is 2.85. The molecule has 0 saturated heterocycles. The van der Waals surface area contributed by atoms with Crippen LogP contribution in [0.3, 0.4) is 0 Å². The lowest BCUT2D eigenvalue weighted by Gasteiger charge is -2.13. The van der Waals surface area contributed by atoms with E-state index in [0.717, 1.165) is 0 Å². The van der Waals surface area contributed by atoms with Crippen LogP contribution in [-0.2, 0) is 10.0 Å². The monoisotopic (exact) mass is 311 g/mol. The zero-order chi connectivity index (χ0) is 15.6. The Morgan fingerprint density at radius 1 is 1.43 bits per heavy atom. The molecule has 1 aromatic carbocycles. The standard InChI is InChI=1S/C13H17N3O4S/c1-8-7-15-13(20-8)9(2)16-21(17,18)12-5-4-10(19-3)6-11(12)14/h4-7,9,16H,14H2,1-3H3. The molecule has 0 aliphatic rings. The van der Waals surface area contributed by atoms with Crippen LogP contribution < -0.4 is 15.2 Å². The van der Waals surface area contributed by atoms with Crippen LogP contribution in [-0.4, -0.2) is 20.5 Å². The Balaban J connectivity index is 2.26. The largest absolute Gasteiger partial charge is 0.497 e. The molecule has 0 bridgehead atoms. The van der Waals surface area contributed by atoms with Crippen LogP contribution in [0.5, 0.6) is 5.75 Å². The molecule has 21 heavy (non-hydrogen) atoms. The average molecular weight is 311 g/mol. The number of nitrogens with one attached hydrogen (secondary N) is 1. The van der Waals surface area contributed by atoms with Crippen LogP contribution in [0.15, 0.2) is 33.7 Å². The van der Waals surface area contributed by atoms with E-state index < -0.39 is 16.1 Å². The number of methoxy groups -OCH3 is 1. The quantitative estimate of drug-likeness (QED) is 0.812. The summed E-state index contributed by atoms with van der Waals surface area (Å²) in [5.74, 6) is 1.39. The van der Waals surface area contributed by atoms with Gasteiger partial charge in [0.25, 0.3) is 0 Å². The minimum atomic E-state index is -3.78. The molecule has 0 radical (unpaired) electrons. The predicted molar refractivity (Wildman–Crippen MR) is 77.4 cm³/mol. The molecule has 3 N–H and O–H groups in total. The van der Waals surface area contributed by atoms with E-state index in [1.54, 1.807) is 13.8 Å². The van der Waals surface area contributed by atoms with Crippen molar-refractivity contribution in [3.63, 3.8) is 0 Å². The van der Waals surface area contributed by atoms with Gasteiger partial charge in [0.05, 0.1) is 25.0 Å². The molecule has 1 aromatic heterocycles. The number of aryl methyl sites for hydroxylation is 1. The Kier molecular flexibility index (Phi) is 4.19. The molecule has 2 aromatic rings. The fourth-order valence-corrected chi connectivity index (χ4v) is 3.13. The van der Waals surface area contributed by atoms with Gasteiger partial charge in [0, 0.05) is 6.07 Å².